The summed E-state index contributed by atoms with van der Waals surface area (Å²) in [6, 6.07) is 17.1. The fourth-order valence-electron chi connectivity index (χ4n) is 2.79. The lowest BCUT2D eigenvalue weighted by molar-refractivity contribution is -0.119. The zero-order chi connectivity index (χ0) is 17.8. The zero-order valence-corrected chi connectivity index (χ0v) is 14.0. The first kappa shape index (κ1) is 16.6. The van der Waals surface area contributed by atoms with Crippen LogP contribution in [0.4, 0.5) is 5.69 Å². The Morgan fingerprint density at radius 3 is 2.44 bits per heavy atom. The van der Waals surface area contributed by atoms with Crippen molar-refractivity contribution in [2.24, 2.45) is 0 Å². The average Bonchev–Trinajstić information content (AvgIpc) is 2.76. The van der Waals surface area contributed by atoms with Crippen molar-refractivity contribution in [2.75, 3.05) is 12.4 Å². The fraction of sp³-hybridized carbons (Fsp3) is 0.158. The Morgan fingerprint density at radius 1 is 1.08 bits per heavy atom. The topological polar surface area (TPSA) is 79.5 Å². The molecule has 25 heavy (non-hydrogen) atoms. The molecular weight excluding hydrogens is 318 g/mol. The first-order valence-electron chi connectivity index (χ1n) is 7.87. The molecule has 0 saturated carbocycles. The second-order valence-electron chi connectivity index (χ2n) is 5.62. The first-order chi connectivity index (χ1) is 12.1. The Labute approximate surface area is 145 Å². The number of para-hydroxylation sites is 1. The number of carbonyl (C=O) groups is 2. The molecule has 1 atom stereocenters. The normalized spacial score (nSPS) is 18.2. The maximum Gasteiger partial charge on any atom is 0.277 e. The van der Waals surface area contributed by atoms with Gasteiger partial charge in [-0.1, -0.05) is 48.5 Å². The highest BCUT2D eigenvalue weighted by Gasteiger charge is 2.29. The van der Waals surface area contributed by atoms with Gasteiger partial charge in [-0.25, -0.2) is 0 Å². The fourth-order valence-corrected chi connectivity index (χ4v) is 2.79. The summed E-state index contributed by atoms with van der Waals surface area (Å²) in [7, 11) is 1.41. The molecule has 2 aromatic carbocycles. The molecule has 0 bridgehead atoms. The molecule has 1 heterocycles. The quantitative estimate of drug-likeness (QED) is 0.593. The number of carbonyl (C=O) groups excluding carboxylic acids is 2. The SMILES string of the molecule is CO/C(NC(C)=O)=C1/N[C@@H](c2ccccc2)c2ccccc2NC1=O. The van der Waals surface area contributed by atoms with Crippen LogP contribution in [0.15, 0.2) is 66.2 Å². The molecule has 6 nitrogen and oxygen atoms in total. The Kier molecular flexibility index (Phi) is 4.70. The number of amides is 2. The summed E-state index contributed by atoms with van der Waals surface area (Å²) >= 11 is 0. The van der Waals surface area contributed by atoms with E-state index >= 15 is 0 Å². The molecule has 0 fully saturated rings. The van der Waals surface area contributed by atoms with Crippen LogP contribution < -0.4 is 16.0 Å². The lowest BCUT2D eigenvalue weighted by Gasteiger charge is -2.21. The van der Waals surface area contributed by atoms with Crippen molar-refractivity contribution in [1.29, 1.82) is 0 Å². The summed E-state index contributed by atoms with van der Waals surface area (Å²) in [5.74, 6) is -0.618. The van der Waals surface area contributed by atoms with Gasteiger partial charge in [-0.3, -0.25) is 14.9 Å². The summed E-state index contributed by atoms with van der Waals surface area (Å²) in [5, 5.41) is 8.64. The standard InChI is InChI=1S/C19H19N3O3/c1-12(23)20-19(25-2)17-18(24)21-15-11-7-6-10-14(15)16(22-17)13-8-4-3-5-9-13/h3-11,16,22H,1-2H3,(H,20,23)(H,21,24)/b19-17+/t16-/m0/s1. The molecule has 0 aromatic heterocycles. The highest BCUT2D eigenvalue weighted by molar-refractivity contribution is 6.05. The minimum atomic E-state index is -0.378. The van der Waals surface area contributed by atoms with Crippen LogP contribution >= 0.6 is 0 Å². The van der Waals surface area contributed by atoms with Gasteiger partial charge in [0.2, 0.25) is 11.8 Å². The smallest absolute Gasteiger partial charge is 0.277 e. The predicted molar refractivity (Wildman–Crippen MR) is 94.3 cm³/mol. The van der Waals surface area contributed by atoms with Gasteiger partial charge in [0.1, 0.15) is 0 Å². The van der Waals surface area contributed by atoms with Crippen LogP contribution in [-0.4, -0.2) is 18.9 Å². The highest BCUT2D eigenvalue weighted by Crippen LogP contribution is 2.32. The third kappa shape index (κ3) is 3.47. The Balaban J connectivity index is 2.13. The van der Waals surface area contributed by atoms with E-state index in [1.807, 2.05) is 54.6 Å². The Bertz CT molecular complexity index is 831. The van der Waals surface area contributed by atoms with E-state index in [0.717, 1.165) is 11.1 Å². The van der Waals surface area contributed by atoms with Gasteiger partial charge in [-0.15, -0.1) is 0 Å². The van der Waals surface area contributed by atoms with Gasteiger partial charge in [-0.05, 0) is 11.6 Å². The van der Waals surface area contributed by atoms with E-state index in [1.54, 1.807) is 0 Å². The van der Waals surface area contributed by atoms with Crippen molar-refractivity contribution < 1.29 is 14.3 Å². The molecule has 3 rings (SSSR count). The van der Waals surface area contributed by atoms with Crippen LogP contribution in [0.2, 0.25) is 0 Å². The third-order valence-corrected chi connectivity index (χ3v) is 3.89. The largest absolute Gasteiger partial charge is 0.481 e. The van der Waals surface area contributed by atoms with E-state index in [2.05, 4.69) is 16.0 Å². The van der Waals surface area contributed by atoms with Crippen LogP contribution in [0.1, 0.15) is 24.1 Å². The second-order valence-corrected chi connectivity index (χ2v) is 5.62. The van der Waals surface area contributed by atoms with Crippen LogP contribution in [0.25, 0.3) is 0 Å². The van der Waals surface area contributed by atoms with Crippen LogP contribution in [0.5, 0.6) is 0 Å². The minimum Gasteiger partial charge on any atom is -0.481 e. The van der Waals surface area contributed by atoms with E-state index in [9.17, 15) is 9.59 Å². The number of ether oxygens (including phenoxy) is 1. The van der Waals surface area contributed by atoms with E-state index in [1.165, 1.54) is 14.0 Å². The van der Waals surface area contributed by atoms with Crippen molar-refractivity contribution in [2.45, 2.75) is 13.0 Å². The number of methoxy groups -OCH3 is 1. The maximum absolute atomic E-state index is 12.7. The van der Waals surface area contributed by atoms with Crippen molar-refractivity contribution >= 4 is 17.5 Å². The molecule has 6 heteroatoms. The number of fused-ring (bicyclic) bond motifs is 1. The molecule has 0 saturated heterocycles. The summed E-state index contributed by atoms with van der Waals surface area (Å²) in [6.45, 7) is 1.36. The van der Waals surface area contributed by atoms with Crippen molar-refractivity contribution in [1.82, 2.24) is 10.6 Å². The van der Waals surface area contributed by atoms with Gasteiger partial charge in [0.25, 0.3) is 5.91 Å². The van der Waals surface area contributed by atoms with Gasteiger partial charge in [-0.2, -0.15) is 0 Å². The second kappa shape index (κ2) is 7.09. The van der Waals surface area contributed by atoms with Crippen molar-refractivity contribution in [3.63, 3.8) is 0 Å². The van der Waals surface area contributed by atoms with Crippen LogP contribution in [0, 0.1) is 0 Å². The van der Waals surface area contributed by atoms with Gasteiger partial charge >= 0.3 is 0 Å². The molecule has 0 unspecified atom stereocenters. The van der Waals surface area contributed by atoms with Crippen LogP contribution in [0.3, 0.4) is 0 Å². The molecule has 1 aliphatic heterocycles. The van der Waals surface area contributed by atoms with Gasteiger partial charge in [0, 0.05) is 18.2 Å². The monoisotopic (exact) mass is 337 g/mol. The lowest BCUT2D eigenvalue weighted by atomic mass is 9.97. The molecule has 2 aromatic rings. The lowest BCUT2D eigenvalue weighted by Crippen LogP contribution is -2.33. The predicted octanol–water partition coefficient (Wildman–Crippen LogP) is 2.27. The van der Waals surface area contributed by atoms with E-state index in [0.29, 0.717) is 5.69 Å². The van der Waals surface area contributed by atoms with E-state index in [4.69, 9.17) is 4.74 Å². The summed E-state index contributed by atoms with van der Waals surface area (Å²) in [5.41, 5.74) is 2.79. The molecule has 0 aliphatic carbocycles. The Hall–Kier alpha value is -3.28. The number of rotatable bonds is 3. The minimum absolute atomic E-state index is 0.0822. The van der Waals surface area contributed by atoms with E-state index < -0.39 is 0 Å². The molecule has 1 aliphatic rings. The van der Waals surface area contributed by atoms with Gasteiger partial charge in [0.05, 0.1) is 13.2 Å². The first-order valence-corrected chi connectivity index (χ1v) is 7.87. The zero-order valence-electron chi connectivity index (χ0n) is 14.0. The molecule has 128 valence electrons. The van der Waals surface area contributed by atoms with Crippen molar-refractivity contribution in [3.8, 4) is 0 Å². The number of benzene rings is 2. The highest BCUT2D eigenvalue weighted by atomic mass is 16.5. The molecule has 3 N–H and O–H groups in total. The Morgan fingerprint density at radius 2 is 1.76 bits per heavy atom. The molecular formula is C19H19N3O3. The summed E-state index contributed by atoms with van der Waals surface area (Å²) in [4.78, 5) is 24.1. The molecule has 0 spiro atoms. The van der Waals surface area contributed by atoms with Gasteiger partial charge < -0.3 is 15.4 Å². The number of hydrogen-bond acceptors (Lipinski definition) is 4. The third-order valence-electron chi connectivity index (χ3n) is 3.89. The van der Waals surface area contributed by atoms with Gasteiger partial charge in [0.15, 0.2) is 5.70 Å². The average molecular weight is 337 g/mol. The summed E-state index contributed by atoms with van der Waals surface area (Å²) in [6.07, 6.45) is 0. The molecule has 0 radical (unpaired) electrons. The van der Waals surface area contributed by atoms with E-state index in [-0.39, 0.29) is 29.4 Å². The molecule has 2 amide bonds. The maximum atomic E-state index is 12.7. The van der Waals surface area contributed by atoms with Crippen molar-refractivity contribution in [3.05, 3.63) is 77.3 Å². The number of hydrogen-bond donors (Lipinski definition) is 3. The number of nitrogens with one attached hydrogen (secondary N) is 3. The summed E-state index contributed by atoms with van der Waals surface area (Å²) < 4.78 is 5.23. The van der Waals surface area contributed by atoms with Crippen LogP contribution in [-0.2, 0) is 14.3 Å². The number of anilines is 1.